The minimum absolute atomic E-state index is 0.357. The number of nitrogens with zero attached hydrogens (tertiary/aromatic N) is 2. The quantitative estimate of drug-likeness (QED) is 0.814. The molecular weight excluding hydrogens is 282 g/mol. The summed E-state index contributed by atoms with van der Waals surface area (Å²) in [5, 5.41) is 0.568. The third kappa shape index (κ3) is 1.84. The van der Waals surface area contributed by atoms with Gasteiger partial charge in [0.1, 0.15) is 5.65 Å². The molecular formula is C10H7BrF2N2O. The fourth-order valence-electron chi connectivity index (χ4n) is 1.58. The van der Waals surface area contributed by atoms with E-state index in [9.17, 15) is 13.6 Å². The van der Waals surface area contributed by atoms with Gasteiger partial charge < -0.3 is 4.57 Å². The van der Waals surface area contributed by atoms with E-state index in [0.29, 0.717) is 27.4 Å². The molecule has 0 atom stereocenters. The number of rotatable bonds is 3. The minimum Gasteiger partial charge on any atom is -0.326 e. The fourth-order valence-corrected chi connectivity index (χ4v) is 2.11. The smallest absolute Gasteiger partial charge is 0.256 e. The number of hydrogen-bond donors (Lipinski definition) is 0. The number of carbonyl (C=O) groups is 1. The fraction of sp³-hybridized carbons (Fsp3) is 0.200. The van der Waals surface area contributed by atoms with Crippen molar-refractivity contribution in [2.24, 2.45) is 0 Å². The number of carbonyl (C=O) groups excluding carboxylic acids is 1. The van der Waals surface area contributed by atoms with Crippen LogP contribution < -0.4 is 0 Å². The highest BCUT2D eigenvalue weighted by Crippen LogP contribution is 2.26. The van der Waals surface area contributed by atoms with Crippen LogP contribution in [0, 0.1) is 0 Å². The van der Waals surface area contributed by atoms with Gasteiger partial charge in [0.05, 0.1) is 6.54 Å². The molecule has 0 unspecified atom stereocenters. The van der Waals surface area contributed by atoms with Gasteiger partial charge >= 0.3 is 0 Å². The average Bonchev–Trinajstić information content (AvgIpc) is 2.57. The largest absolute Gasteiger partial charge is 0.326 e. The first-order valence-corrected chi connectivity index (χ1v) is 5.29. The summed E-state index contributed by atoms with van der Waals surface area (Å²) < 4.78 is 26.6. The SMILES string of the molecule is O=Cc1cn(CC(F)F)c2nccc(Br)c12. The van der Waals surface area contributed by atoms with Gasteiger partial charge in [-0.2, -0.15) is 0 Å². The number of hydrogen-bond acceptors (Lipinski definition) is 2. The normalized spacial score (nSPS) is 11.2. The molecule has 6 heteroatoms. The van der Waals surface area contributed by atoms with Crippen molar-refractivity contribution in [2.75, 3.05) is 0 Å². The topological polar surface area (TPSA) is 34.9 Å². The predicted molar refractivity (Wildman–Crippen MR) is 58.8 cm³/mol. The zero-order valence-electron chi connectivity index (χ0n) is 8.03. The molecule has 0 aliphatic rings. The van der Waals surface area contributed by atoms with Crippen LogP contribution in [-0.2, 0) is 6.54 Å². The summed E-state index contributed by atoms with van der Waals surface area (Å²) in [6.07, 6.45) is 1.05. The van der Waals surface area contributed by atoms with Crippen LogP contribution in [0.3, 0.4) is 0 Å². The predicted octanol–water partition coefficient (Wildman–Crippen LogP) is 2.88. The van der Waals surface area contributed by atoms with Crippen LogP contribution >= 0.6 is 15.9 Å². The summed E-state index contributed by atoms with van der Waals surface area (Å²) in [4.78, 5) is 14.8. The summed E-state index contributed by atoms with van der Waals surface area (Å²) >= 11 is 3.27. The van der Waals surface area contributed by atoms with Gasteiger partial charge in [-0.05, 0) is 22.0 Å². The molecule has 0 aliphatic carbocycles. The Morgan fingerprint density at radius 3 is 2.94 bits per heavy atom. The van der Waals surface area contributed by atoms with Gasteiger partial charge in [0.15, 0.2) is 6.29 Å². The lowest BCUT2D eigenvalue weighted by molar-refractivity contribution is 0.112. The van der Waals surface area contributed by atoms with Crippen molar-refractivity contribution >= 4 is 33.2 Å². The Kier molecular flexibility index (Phi) is 3.00. The molecule has 84 valence electrons. The molecule has 0 saturated carbocycles. The molecule has 0 N–H and O–H groups in total. The molecule has 2 aromatic heterocycles. The zero-order chi connectivity index (χ0) is 11.7. The number of halogens is 3. The molecule has 0 bridgehead atoms. The van der Waals surface area contributed by atoms with Crippen molar-refractivity contribution in [1.82, 2.24) is 9.55 Å². The second-order valence-electron chi connectivity index (χ2n) is 3.24. The van der Waals surface area contributed by atoms with Crippen LogP contribution in [0.25, 0.3) is 11.0 Å². The van der Waals surface area contributed by atoms with Crippen molar-refractivity contribution in [3.05, 3.63) is 28.5 Å². The number of aldehydes is 1. The lowest BCUT2D eigenvalue weighted by atomic mass is 10.2. The Bertz CT molecular complexity index is 539. The zero-order valence-corrected chi connectivity index (χ0v) is 9.62. The molecule has 16 heavy (non-hydrogen) atoms. The van der Waals surface area contributed by atoms with Crippen LogP contribution in [0.4, 0.5) is 8.78 Å². The Labute approximate surface area is 98.2 Å². The average molecular weight is 289 g/mol. The Balaban J connectivity index is 2.68. The van der Waals surface area contributed by atoms with E-state index in [1.165, 1.54) is 17.0 Å². The summed E-state index contributed by atoms with van der Waals surface area (Å²) in [5.41, 5.74) is 0.743. The van der Waals surface area contributed by atoms with Crippen LogP contribution in [0.2, 0.25) is 0 Å². The van der Waals surface area contributed by atoms with Crippen molar-refractivity contribution in [3.63, 3.8) is 0 Å². The first kappa shape index (κ1) is 11.2. The van der Waals surface area contributed by atoms with Crippen LogP contribution in [0.1, 0.15) is 10.4 Å². The summed E-state index contributed by atoms with van der Waals surface area (Å²) in [6, 6.07) is 1.67. The Morgan fingerprint density at radius 2 is 2.31 bits per heavy atom. The maximum atomic E-state index is 12.3. The van der Waals surface area contributed by atoms with E-state index in [4.69, 9.17) is 0 Å². The van der Waals surface area contributed by atoms with Crippen LogP contribution in [0.5, 0.6) is 0 Å². The Hall–Kier alpha value is -1.30. The van der Waals surface area contributed by atoms with Crippen molar-refractivity contribution < 1.29 is 13.6 Å². The highest BCUT2D eigenvalue weighted by molar-refractivity contribution is 9.10. The molecule has 0 aliphatic heterocycles. The molecule has 0 amide bonds. The van der Waals surface area contributed by atoms with Gasteiger partial charge in [0, 0.05) is 27.8 Å². The summed E-state index contributed by atoms with van der Waals surface area (Å²) in [5.74, 6) is 0. The monoisotopic (exact) mass is 288 g/mol. The lowest BCUT2D eigenvalue weighted by Gasteiger charge is -2.02. The van der Waals surface area contributed by atoms with Gasteiger partial charge in [-0.3, -0.25) is 4.79 Å². The van der Waals surface area contributed by atoms with E-state index in [0.717, 1.165) is 0 Å². The molecule has 0 spiro atoms. The van der Waals surface area contributed by atoms with Gasteiger partial charge in [-0.15, -0.1) is 0 Å². The van der Waals surface area contributed by atoms with Gasteiger partial charge in [-0.25, -0.2) is 13.8 Å². The molecule has 2 heterocycles. The maximum absolute atomic E-state index is 12.3. The molecule has 3 nitrogen and oxygen atoms in total. The number of alkyl halides is 2. The van der Waals surface area contributed by atoms with E-state index in [1.54, 1.807) is 6.07 Å². The number of fused-ring (bicyclic) bond motifs is 1. The van der Waals surface area contributed by atoms with E-state index in [1.807, 2.05) is 0 Å². The van der Waals surface area contributed by atoms with Gasteiger partial charge in [-0.1, -0.05) is 0 Å². The van der Waals surface area contributed by atoms with Crippen LogP contribution in [-0.4, -0.2) is 22.3 Å². The molecule has 0 saturated heterocycles. The van der Waals surface area contributed by atoms with Gasteiger partial charge in [0.25, 0.3) is 6.43 Å². The Morgan fingerprint density at radius 1 is 1.56 bits per heavy atom. The molecule has 2 rings (SSSR count). The maximum Gasteiger partial charge on any atom is 0.256 e. The van der Waals surface area contributed by atoms with Crippen molar-refractivity contribution in [1.29, 1.82) is 0 Å². The molecule has 2 aromatic rings. The highest BCUT2D eigenvalue weighted by atomic mass is 79.9. The second-order valence-corrected chi connectivity index (χ2v) is 4.09. The van der Waals surface area contributed by atoms with E-state index >= 15 is 0 Å². The third-order valence-corrected chi connectivity index (χ3v) is 2.86. The van der Waals surface area contributed by atoms with Crippen molar-refractivity contribution in [2.45, 2.75) is 13.0 Å². The first-order valence-electron chi connectivity index (χ1n) is 4.50. The molecule has 0 aromatic carbocycles. The molecule has 0 fully saturated rings. The minimum atomic E-state index is -2.48. The number of aromatic nitrogens is 2. The van der Waals surface area contributed by atoms with E-state index < -0.39 is 13.0 Å². The van der Waals surface area contributed by atoms with E-state index in [-0.39, 0.29) is 0 Å². The number of pyridine rings is 1. The third-order valence-electron chi connectivity index (χ3n) is 2.20. The summed E-state index contributed by atoms with van der Waals surface area (Å²) in [6.45, 7) is -0.464. The second kappa shape index (κ2) is 4.29. The first-order chi connectivity index (χ1) is 7.63. The lowest BCUT2D eigenvalue weighted by Crippen LogP contribution is -2.05. The van der Waals surface area contributed by atoms with Gasteiger partial charge in [0.2, 0.25) is 0 Å². The van der Waals surface area contributed by atoms with E-state index in [2.05, 4.69) is 20.9 Å². The highest BCUT2D eigenvalue weighted by Gasteiger charge is 2.14. The molecule has 0 radical (unpaired) electrons. The van der Waals surface area contributed by atoms with Crippen molar-refractivity contribution in [3.8, 4) is 0 Å². The summed E-state index contributed by atoms with van der Waals surface area (Å²) in [7, 11) is 0. The van der Waals surface area contributed by atoms with Crippen LogP contribution in [0.15, 0.2) is 22.9 Å². The standard InChI is InChI=1S/C10H7BrF2N2O/c11-7-1-2-14-10-9(7)6(5-16)3-15(10)4-8(12)13/h1-3,5,8H,4H2.